The molecule has 3 rings (SSSR count). The van der Waals surface area contributed by atoms with Crippen molar-refractivity contribution >= 4 is 16.9 Å². The van der Waals surface area contributed by atoms with Crippen LogP contribution in [0.2, 0.25) is 0 Å². The number of nitrogens with zero attached hydrogens (tertiary/aromatic N) is 4. The van der Waals surface area contributed by atoms with Crippen molar-refractivity contribution in [3.05, 3.63) is 34.8 Å². The molecule has 0 fully saturated rings. The summed E-state index contributed by atoms with van der Waals surface area (Å²) in [5, 5.41) is 7.30. The molecule has 25 heavy (non-hydrogen) atoms. The summed E-state index contributed by atoms with van der Waals surface area (Å²) < 4.78 is 45.5. The first-order valence-corrected chi connectivity index (χ1v) is 6.88. The Morgan fingerprint density at radius 3 is 2.72 bits per heavy atom. The molecule has 2 N–H and O–H groups in total. The smallest absolute Gasteiger partial charge is 0.403 e. The average molecular weight is 349 g/mol. The third-order valence-electron chi connectivity index (χ3n) is 3.40. The van der Waals surface area contributed by atoms with Crippen molar-refractivity contribution in [3.63, 3.8) is 0 Å². The number of pyridine rings is 2. The summed E-state index contributed by atoms with van der Waals surface area (Å²) in [5.41, 5.74) is 8.24. The number of aryl methyl sites for hydroxylation is 1. The van der Waals surface area contributed by atoms with E-state index in [1.165, 1.54) is 6.07 Å². The van der Waals surface area contributed by atoms with Crippen molar-refractivity contribution in [3.8, 4) is 18.1 Å². The zero-order valence-corrected chi connectivity index (χ0v) is 12.8. The Morgan fingerprint density at radius 2 is 2.04 bits per heavy atom. The van der Waals surface area contributed by atoms with Crippen molar-refractivity contribution in [2.24, 2.45) is 0 Å². The van der Waals surface area contributed by atoms with Crippen molar-refractivity contribution in [2.45, 2.75) is 19.7 Å². The van der Waals surface area contributed by atoms with Gasteiger partial charge in [-0.3, -0.25) is 0 Å². The standard InChI is InChI=1S/C15H10F3N5O2/c1-3-10-11(24-15(16,17)18)5-4-8(21-10)6-9-7(2)20-14-13(12(9)19)22-25-23-14/h1,4-5H,6,19H2,2H3. The van der Waals surface area contributed by atoms with Crippen LogP contribution in [-0.4, -0.2) is 26.6 Å². The van der Waals surface area contributed by atoms with Crippen LogP contribution in [0.25, 0.3) is 11.2 Å². The van der Waals surface area contributed by atoms with Crippen LogP contribution in [-0.2, 0) is 6.42 Å². The Hall–Kier alpha value is -3.35. The molecule has 7 nitrogen and oxygen atoms in total. The van der Waals surface area contributed by atoms with E-state index in [0.717, 1.165) is 6.07 Å². The van der Waals surface area contributed by atoms with Crippen molar-refractivity contribution in [2.75, 3.05) is 5.73 Å². The Labute approximate surface area is 139 Å². The van der Waals surface area contributed by atoms with Gasteiger partial charge in [0, 0.05) is 23.4 Å². The van der Waals surface area contributed by atoms with E-state index in [4.69, 9.17) is 12.2 Å². The van der Waals surface area contributed by atoms with Crippen LogP contribution in [0.5, 0.6) is 5.75 Å². The number of anilines is 1. The highest BCUT2D eigenvalue weighted by molar-refractivity contribution is 5.85. The Kier molecular flexibility index (Phi) is 3.92. The van der Waals surface area contributed by atoms with E-state index in [1.807, 2.05) is 0 Å². The molecule has 0 amide bonds. The van der Waals surface area contributed by atoms with Crippen molar-refractivity contribution < 1.29 is 22.5 Å². The second kappa shape index (κ2) is 5.94. The molecule has 0 aliphatic rings. The van der Waals surface area contributed by atoms with E-state index < -0.39 is 12.1 Å². The number of terminal acetylenes is 1. The first-order valence-electron chi connectivity index (χ1n) is 6.88. The van der Waals surface area contributed by atoms with Crippen LogP contribution in [0.4, 0.5) is 18.9 Å². The average Bonchev–Trinajstić information content (AvgIpc) is 2.99. The number of hydrogen-bond donors (Lipinski definition) is 1. The molecule has 3 aromatic heterocycles. The lowest BCUT2D eigenvalue weighted by atomic mass is 10.0. The SMILES string of the molecule is C#Cc1nc(Cc2c(C)nc3nonc3c2N)ccc1OC(F)(F)F. The van der Waals surface area contributed by atoms with Gasteiger partial charge in [-0.15, -0.1) is 19.6 Å². The molecular formula is C15H10F3N5O2. The van der Waals surface area contributed by atoms with Gasteiger partial charge >= 0.3 is 6.36 Å². The molecule has 3 heterocycles. The quantitative estimate of drug-likeness (QED) is 0.725. The molecule has 3 aromatic rings. The zero-order chi connectivity index (χ0) is 18.2. The molecule has 0 aromatic carbocycles. The third kappa shape index (κ3) is 3.30. The number of fused-ring (bicyclic) bond motifs is 1. The Bertz CT molecular complexity index is 991. The van der Waals surface area contributed by atoms with Crippen LogP contribution >= 0.6 is 0 Å². The van der Waals surface area contributed by atoms with Gasteiger partial charge in [0.15, 0.2) is 17.0 Å². The fraction of sp³-hybridized carbons (Fsp3) is 0.200. The Balaban J connectivity index is 1.98. The van der Waals surface area contributed by atoms with Crippen LogP contribution < -0.4 is 10.5 Å². The van der Waals surface area contributed by atoms with Crippen molar-refractivity contribution in [1.82, 2.24) is 20.3 Å². The van der Waals surface area contributed by atoms with E-state index in [9.17, 15) is 13.2 Å². The second-order valence-electron chi connectivity index (χ2n) is 5.04. The van der Waals surface area contributed by atoms with E-state index in [1.54, 1.807) is 6.92 Å². The molecule has 0 bridgehead atoms. The normalized spacial score (nSPS) is 11.5. The second-order valence-corrected chi connectivity index (χ2v) is 5.04. The number of hydrogen-bond acceptors (Lipinski definition) is 7. The predicted octanol–water partition coefficient (Wildman–Crippen LogP) is 2.37. The molecule has 0 aliphatic heterocycles. The minimum Gasteiger partial charge on any atom is -0.403 e. The zero-order valence-electron chi connectivity index (χ0n) is 12.8. The topological polar surface area (TPSA) is 100.0 Å². The third-order valence-corrected chi connectivity index (χ3v) is 3.40. The fourth-order valence-electron chi connectivity index (χ4n) is 2.29. The Morgan fingerprint density at radius 1 is 1.28 bits per heavy atom. The number of halogens is 3. The van der Waals surface area contributed by atoms with Gasteiger partial charge in [0.25, 0.3) is 0 Å². The fourth-order valence-corrected chi connectivity index (χ4v) is 2.29. The minimum atomic E-state index is -4.86. The number of nitrogens with two attached hydrogens (primary N) is 1. The van der Waals surface area contributed by atoms with Crippen LogP contribution in [0, 0.1) is 19.3 Å². The van der Waals surface area contributed by atoms with Gasteiger partial charge in [-0.2, -0.15) is 0 Å². The van der Waals surface area contributed by atoms with E-state index >= 15 is 0 Å². The highest BCUT2D eigenvalue weighted by Gasteiger charge is 2.32. The van der Waals surface area contributed by atoms with Gasteiger partial charge in [-0.05, 0) is 35.3 Å². The number of rotatable bonds is 3. The largest absolute Gasteiger partial charge is 0.573 e. The van der Waals surface area contributed by atoms with E-state index in [0.29, 0.717) is 28.2 Å². The molecule has 0 atom stereocenters. The first-order chi connectivity index (χ1) is 11.8. The highest BCUT2D eigenvalue weighted by atomic mass is 19.4. The lowest BCUT2D eigenvalue weighted by molar-refractivity contribution is -0.274. The van der Waals surface area contributed by atoms with Gasteiger partial charge in [0.05, 0.1) is 5.69 Å². The van der Waals surface area contributed by atoms with Gasteiger partial charge in [0.1, 0.15) is 0 Å². The summed E-state index contributed by atoms with van der Waals surface area (Å²) >= 11 is 0. The van der Waals surface area contributed by atoms with Crippen molar-refractivity contribution in [1.29, 1.82) is 0 Å². The van der Waals surface area contributed by atoms with Gasteiger partial charge in [0.2, 0.25) is 5.65 Å². The van der Waals surface area contributed by atoms with Gasteiger partial charge in [-0.1, -0.05) is 0 Å². The number of ether oxygens (including phenoxy) is 1. The van der Waals surface area contributed by atoms with E-state index in [-0.39, 0.29) is 17.8 Å². The number of alkyl halides is 3. The number of nitrogen functional groups attached to an aromatic ring is 1. The molecule has 0 saturated heterocycles. The molecular weight excluding hydrogens is 339 g/mol. The van der Waals surface area contributed by atoms with E-state index in [2.05, 4.69) is 35.6 Å². The molecule has 128 valence electrons. The van der Waals surface area contributed by atoms with Gasteiger partial charge in [-0.25, -0.2) is 14.6 Å². The molecule has 0 unspecified atom stereocenters. The van der Waals surface area contributed by atoms with Crippen LogP contribution in [0.15, 0.2) is 16.8 Å². The maximum atomic E-state index is 12.4. The minimum absolute atomic E-state index is 0.189. The first kappa shape index (κ1) is 16.5. The predicted molar refractivity (Wildman–Crippen MR) is 80.4 cm³/mol. The monoisotopic (exact) mass is 349 g/mol. The number of aromatic nitrogens is 4. The lowest BCUT2D eigenvalue weighted by Gasteiger charge is -2.12. The summed E-state index contributed by atoms with van der Waals surface area (Å²) in [5.74, 6) is 1.53. The lowest BCUT2D eigenvalue weighted by Crippen LogP contribution is -2.18. The highest BCUT2D eigenvalue weighted by Crippen LogP contribution is 2.28. The molecule has 10 heteroatoms. The van der Waals surface area contributed by atoms with Crippen LogP contribution in [0.1, 0.15) is 22.6 Å². The summed E-state index contributed by atoms with van der Waals surface area (Å²) in [6, 6.07) is 2.48. The molecule has 0 saturated carbocycles. The molecule has 0 aliphatic carbocycles. The van der Waals surface area contributed by atoms with Crippen LogP contribution in [0.3, 0.4) is 0 Å². The summed E-state index contributed by atoms with van der Waals surface area (Å²) in [7, 11) is 0. The van der Waals surface area contributed by atoms with Gasteiger partial charge < -0.3 is 10.5 Å². The maximum absolute atomic E-state index is 12.4. The maximum Gasteiger partial charge on any atom is 0.573 e. The summed E-state index contributed by atoms with van der Waals surface area (Å²) in [4.78, 5) is 8.23. The molecule has 0 spiro atoms. The summed E-state index contributed by atoms with van der Waals surface area (Å²) in [6.07, 6.45) is 0.557. The summed E-state index contributed by atoms with van der Waals surface area (Å²) in [6.45, 7) is 1.71. The molecule has 0 radical (unpaired) electrons.